The van der Waals surface area contributed by atoms with E-state index in [9.17, 15) is 0 Å². The number of benzene rings is 9. The molecular formula is C52H40. The fraction of sp³-hybridized carbons (Fsp3) is 0.0769. The zero-order chi connectivity index (χ0) is 35.2. The van der Waals surface area contributed by atoms with Crippen LogP contribution >= 0.6 is 0 Å². The predicted molar refractivity (Wildman–Crippen MR) is 225 cm³/mol. The molecule has 0 aliphatic heterocycles. The van der Waals surface area contributed by atoms with E-state index in [1.165, 1.54) is 93.5 Å². The summed E-state index contributed by atoms with van der Waals surface area (Å²) in [7, 11) is 0. The van der Waals surface area contributed by atoms with E-state index in [-0.39, 0.29) is 5.41 Å². The van der Waals surface area contributed by atoms with E-state index in [0.29, 0.717) is 0 Å². The van der Waals surface area contributed by atoms with Crippen molar-refractivity contribution in [2.24, 2.45) is 0 Å². The lowest BCUT2D eigenvalue weighted by molar-refractivity contribution is 0.590. The van der Waals surface area contributed by atoms with Crippen molar-refractivity contribution in [3.05, 3.63) is 194 Å². The molecular weight excluding hydrogens is 625 g/mol. The van der Waals surface area contributed by atoms with Gasteiger partial charge in [0.2, 0.25) is 0 Å². The highest BCUT2D eigenvalue weighted by Gasteiger charge is 2.19. The Morgan fingerprint density at radius 1 is 0.288 bits per heavy atom. The van der Waals surface area contributed by atoms with Gasteiger partial charge in [0.05, 0.1) is 0 Å². The molecule has 0 spiro atoms. The first kappa shape index (κ1) is 31.7. The molecule has 248 valence electrons. The Labute approximate surface area is 306 Å². The van der Waals surface area contributed by atoms with Crippen molar-refractivity contribution in [2.75, 3.05) is 0 Å². The first-order valence-corrected chi connectivity index (χ1v) is 18.3. The van der Waals surface area contributed by atoms with Crippen LogP contribution in [-0.4, -0.2) is 0 Å². The van der Waals surface area contributed by atoms with E-state index >= 15 is 0 Å². The van der Waals surface area contributed by atoms with Crippen molar-refractivity contribution in [2.45, 2.75) is 26.2 Å². The summed E-state index contributed by atoms with van der Waals surface area (Å²) in [6.07, 6.45) is 0. The lowest BCUT2D eigenvalue weighted by Crippen LogP contribution is -2.10. The van der Waals surface area contributed by atoms with Crippen LogP contribution in [0.3, 0.4) is 0 Å². The van der Waals surface area contributed by atoms with Gasteiger partial charge in [-0.1, -0.05) is 191 Å². The Hall–Kier alpha value is -6.24. The predicted octanol–water partition coefficient (Wildman–Crippen LogP) is 14.8. The van der Waals surface area contributed by atoms with Crippen molar-refractivity contribution in [1.82, 2.24) is 0 Å². The Bertz CT molecular complexity index is 2680. The number of rotatable bonds is 5. The van der Waals surface area contributed by atoms with Gasteiger partial charge in [-0.05, 0) is 117 Å². The van der Waals surface area contributed by atoms with E-state index in [4.69, 9.17) is 0 Å². The average molecular weight is 665 g/mol. The molecule has 52 heavy (non-hydrogen) atoms. The zero-order valence-corrected chi connectivity index (χ0v) is 29.9. The maximum absolute atomic E-state index is 2.38. The van der Waals surface area contributed by atoms with Gasteiger partial charge in [-0.15, -0.1) is 0 Å². The van der Waals surface area contributed by atoms with Crippen molar-refractivity contribution in [3.63, 3.8) is 0 Å². The van der Waals surface area contributed by atoms with Gasteiger partial charge in [0.25, 0.3) is 0 Å². The molecule has 0 radical (unpaired) electrons. The summed E-state index contributed by atoms with van der Waals surface area (Å²) >= 11 is 0. The van der Waals surface area contributed by atoms with Gasteiger partial charge < -0.3 is 0 Å². The molecule has 9 aromatic carbocycles. The Balaban J connectivity index is 1.15. The van der Waals surface area contributed by atoms with Gasteiger partial charge in [-0.25, -0.2) is 0 Å². The fourth-order valence-electron chi connectivity index (χ4n) is 7.94. The maximum atomic E-state index is 2.38. The number of hydrogen-bond acceptors (Lipinski definition) is 0. The molecule has 0 unspecified atom stereocenters. The zero-order valence-electron chi connectivity index (χ0n) is 29.9. The molecule has 0 heterocycles. The van der Waals surface area contributed by atoms with Crippen molar-refractivity contribution in [1.29, 1.82) is 0 Å². The molecule has 9 aromatic rings. The molecule has 0 aromatic heterocycles. The second-order valence-corrected chi connectivity index (χ2v) is 14.9. The minimum absolute atomic E-state index is 0.112. The van der Waals surface area contributed by atoms with E-state index in [2.05, 4.69) is 209 Å². The summed E-state index contributed by atoms with van der Waals surface area (Å²) in [5.41, 5.74) is 13.9. The molecule has 0 fully saturated rings. The quantitative estimate of drug-likeness (QED) is 0.161. The van der Waals surface area contributed by atoms with Crippen LogP contribution in [-0.2, 0) is 5.41 Å². The van der Waals surface area contributed by atoms with E-state index in [1.54, 1.807) is 0 Å². The van der Waals surface area contributed by atoms with Gasteiger partial charge >= 0.3 is 0 Å². The van der Waals surface area contributed by atoms with Crippen molar-refractivity contribution >= 4 is 32.3 Å². The Kier molecular flexibility index (Phi) is 7.82. The summed E-state index contributed by atoms with van der Waals surface area (Å²) in [5, 5.41) is 7.58. The first-order chi connectivity index (χ1) is 25.4. The molecule has 0 aliphatic rings. The summed E-state index contributed by atoms with van der Waals surface area (Å²) in [5.74, 6) is 0. The van der Waals surface area contributed by atoms with Gasteiger partial charge in [0.1, 0.15) is 0 Å². The fourth-order valence-corrected chi connectivity index (χ4v) is 7.94. The number of fused-ring (bicyclic) bond motifs is 3. The van der Waals surface area contributed by atoms with E-state index < -0.39 is 0 Å². The molecule has 9 rings (SSSR count). The molecule has 0 nitrogen and oxygen atoms in total. The lowest BCUT2D eigenvalue weighted by atomic mass is 9.83. The van der Waals surface area contributed by atoms with Gasteiger partial charge in [0.15, 0.2) is 0 Å². The Morgan fingerprint density at radius 2 is 0.712 bits per heavy atom. The second kappa shape index (κ2) is 12.8. The van der Waals surface area contributed by atoms with Gasteiger partial charge in [-0.2, -0.15) is 0 Å². The van der Waals surface area contributed by atoms with Crippen LogP contribution in [0, 0.1) is 0 Å². The molecule has 0 saturated heterocycles. The third-order valence-electron chi connectivity index (χ3n) is 10.6. The minimum Gasteiger partial charge on any atom is -0.0622 e. The second-order valence-electron chi connectivity index (χ2n) is 14.9. The summed E-state index contributed by atoms with van der Waals surface area (Å²) in [6, 6.07) is 69.3. The molecule has 0 N–H and O–H groups in total. The highest BCUT2D eigenvalue weighted by molar-refractivity contribution is 6.21. The summed E-state index contributed by atoms with van der Waals surface area (Å²) in [4.78, 5) is 0. The van der Waals surface area contributed by atoms with Crippen LogP contribution in [0.4, 0.5) is 0 Å². The monoisotopic (exact) mass is 664 g/mol. The maximum Gasteiger partial charge on any atom is -0.00262 e. The third-order valence-corrected chi connectivity index (χ3v) is 10.6. The SMILES string of the molecule is CC(C)(C)c1ccc(-c2c3ccccc3c(-c3ccc4cc(-c5ccccc5-c5cccc(-c6ccccc6)c5)ccc4c3)c3ccccc23)cc1. The first-order valence-electron chi connectivity index (χ1n) is 18.3. The summed E-state index contributed by atoms with van der Waals surface area (Å²) in [6.45, 7) is 6.82. The smallest absolute Gasteiger partial charge is 0.00262 e. The van der Waals surface area contributed by atoms with Crippen LogP contribution in [0.5, 0.6) is 0 Å². The van der Waals surface area contributed by atoms with Gasteiger partial charge in [0, 0.05) is 0 Å². The normalized spacial score (nSPS) is 11.8. The van der Waals surface area contributed by atoms with Crippen molar-refractivity contribution in [3.8, 4) is 55.6 Å². The molecule has 0 amide bonds. The van der Waals surface area contributed by atoms with Crippen LogP contribution in [0.15, 0.2) is 188 Å². The van der Waals surface area contributed by atoms with Crippen molar-refractivity contribution < 1.29 is 0 Å². The topological polar surface area (TPSA) is 0 Å². The Morgan fingerprint density at radius 3 is 1.29 bits per heavy atom. The molecule has 0 heteroatoms. The largest absolute Gasteiger partial charge is 0.0622 e. The minimum atomic E-state index is 0.112. The molecule has 0 aliphatic carbocycles. The number of hydrogen-bond donors (Lipinski definition) is 0. The highest BCUT2D eigenvalue weighted by Crippen LogP contribution is 2.45. The van der Waals surface area contributed by atoms with Crippen LogP contribution in [0.25, 0.3) is 88.0 Å². The molecule has 0 atom stereocenters. The van der Waals surface area contributed by atoms with E-state index in [0.717, 1.165) is 0 Å². The third kappa shape index (κ3) is 5.67. The average Bonchev–Trinajstić information content (AvgIpc) is 3.19. The lowest BCUT2D eigenvalue weighted by Gasteiger charge is -2.21. The van der Waals surface area contributed by atoms with E-state index in [1.807, 2.05) is 0 Å². The van der Waals surface area contributed by atoms with Crippen LogP contribution < -0.4 is 0 Å². The summed E-state index contributed by atoms with van der Waals surface area (Å²) < 4.78 is 0. The van der Waals surface area contributed by atoms with Crippen LogP contribution in [0.1, 0.15) is 26.3 Å². The van der Waals surface area contributed by atoms with Crippen LogP contribution in [0.2, 0.25) is 0 Å². The molecule has 0 saturated carbocycles. The highest BCUT2D eigenvalue weighted by atomic mass is 14.2. The van der Waals surface area contributed by atoms with Gasteiger partial charge in [-0.3, -0.25) is 0 Å². The molecule has 0 bridgehead atoms. The standard InChI is InChI=1S/C52H40/c1-52(2,3)43-30-28-36(29-31-43)50-46-20-9-11-22-48(46)51(49-23-12-10-21-47(49)50)42-27-25-38-33-41(26-24-39(38)34-42)45-19-8-7-18-44(45)40-17-13-16-37(32-40)35-14-5-4-6-15-35/h4-34H,1-3H3.